The monoisotopic (exact) mass is 343 g/mol. The fourth-order valence-electron chi connectivity index (χ4n) is 2.67. The highest BCUT2D eigenvalue weighted by Crippen LogP contribution is 2.26. The van der Waals surface area contributed by atoms with Crippen molar-refractivity contribution >= 4 is 5.96 Å². The molecule has 0 amide bonds. The Morgan fingerprint density at radius 1 is 1.21 bits per heavy atom. The van der Waals surface area contributed by atoms with Crippen molar-refractivity contribution in [1.29, 1.82) is 0 Å². The van der Waals surface area contributed by atoms with E-state index in [0.29, 0.717) is 12.5 Å². The lowest BCUT2D eigenvalue weighted by molar-refractivity contribution is -0.132. The molecule has 2 rings (SSSR count). The van der Waals surface area contributed by atoms with E-state index in [0.717, 1.165) is 24.2 Å². The molecule has 134 valence electrons. The lowest BCUT2D eigenvalue weighted by Crippen LogP contribution is -2.38. The molecule has 1 aromatic carbocycles. The summed E-state index contributed by atoms with van der Waals surface area (Å²) in [6, 6.07) is 7.71. The summed E-state index contributed by atoms with van der Waals surface area (Å²) in [5, 5.41) is 5.70. The fourth-order valence-corrected chi connectivity index (χ4v) is 2.67. The van der Waals surface area contributed by atoms with E-state index < -0.39 is 12.6 Å². The molecule has 1 aromatic rings. The third-order valence-corrected chi connectivity index (χ3v) is 3.94. The van der Waals surface area contributed by atoms with Gasteiger partial charge in [-0.05, 0) is 31.7 Å². The molecule has 1 fully saturated rings. The van der Waals surface area contributed by atoms with E-state index in [2.05, 4.69) is 15.6 Å². The number of para-hydroxylation sites is 1. The number of halogens is 3. The molecular weight excluding hydrogens is 319 g/mol. The van der Waals surface area contributed by atoms with Crippen LogP contribution in [-0.4, -0.2) is 31.8 Å². The average Bonchev–Trinajstić information content (AvgIpc) is 3.04. The largest absolute Gasteiger partial charge is 0.490 e. The number of nitrogens with one attached hydrogen (secondary N) is 2. The number of ether oxygens (including phenoxy) is 1. The zero-order valence-electron chi connectivity index (χ0n) is 13.8. The van der Waals surface area contributed by atoms with Gasteiger partial charge in [-0.3, -0.25) is 4.99 Å². The predicted octanol–water partition coefficient (Wildman–Crippen LogP) is 3.63. The second kappa shape index (κ2) is 8.80. The molecule has 1 saturated carbocycles. The van der Waals surface area contributed by atoms with Crippen molar-refractivity contribution in [3.05, 3.63) is 29.8 Å². The van der Waals surface area contributed by atoms with Gasteiger partial charge in [0.15, 0.2) is 5.96 Å². The summed E-state index contributed by atoms with van der Waals surface area (Å²) >= 11 is 0. The molecule has 0 spiro atoms. The summed E-state index contributed by atoms with van der Waals surface area (Å²) in [7, 11) is 1.53. The molecule has 0 atom stereocenters. The minimum absolute atomic E-state index is 0.205. The Hall–Kier alpha value is -1.92. The average molecular weight is 343 g/mol. The molecule has 24 heavy (non-hydrogen) atoms. The van der Waals surface area contributed by atoms with Crippen LogP contribution in [0.15, 0.2) is 29.3 Å². The van der Waals surface area contributed by atoms with E-state index in [-0.39, 0.29) is 12.6 Å². The highest BCUT2D eigenvalue weighted by Gasteiger charge is 2.26. The Morgan fingerprint density at radius 3 is 2.58 bits per heavy atom. The maximum atomic E-state index is 12.2. The number of hydrogen-bond acceptors (Lipinski definition) is 2. The molecule has 7 heteroatoms. The fraction of sp³-hybridized carbons (Fsp3) is 0.588. The molecule has 0 radical (unpaired) electrons. The van der Waals surface area contributed by atoms with E-state index in [1.165, 1.54) is 19.9 Å². The number of hydrogen-bond donors (Lipinski definition) is 2. The molecule has 0 unspecified atom stereocenters. The predicted molar refractivity (Wildman–Crippen MR) is 88.2 cm³/mol. The van der Waals surface area contributed by atoms with Crippen LogP contribution in [0.5, 0.6) is 5.75 Å². The van der Waals surface area contributed by atoms with Gasteiger partial charge in [-0.25, -0.2) is 0 Å². The standard InChI is InChI=1S/C17H24F3N3O/c1-21-16(22-11-10-17(18,19)20)23-12-13-6-2-5-9-15(13)24-14-7-3-4-8-14/h2,5-6,9,14H,3-4,7-8,10-12H2,1H3,(H2,21,22,23). The summed E-state index contributed by atoms with van der Waals surface area (Å²) in [5.74, 6) is 1.16. The topological polar surface area (TPSA) is 45.7 Å². The second-order valence-corrected chi connectivity index (χ2v) is 5.85. The van der Waals surface area contributed by atoms with Gasteiger partial charge in [0.05, 0.1) is 12.5 Å². The van der Waals surface area contributed by atoms with Gasteiger partial charge < -0.3 is 15.4 Å². The molecular formula is C17H24F3N3O. The normalized spacial score (nSPS) is 16.2. The number of guanidine groups is 1. The van der Waals surface area contributed by atoms with Crippen LogP contribution in [0.3, 0.4) is 0 Å². The Bertz CT molecular complexity index is 540. The van der Waals surface area contributed by atoms with Crippen LogP contribution in [0.25, 0.3) is 0 Å². The van der Waals surface area contributed by atoms with E-state index in [1.54, 1.807) is 0 Å². The first-order chi connectivity index (χ1) is 11.5. The molecule has 0 bridgehead atoms. The van der Waals surface area contributed by atoms with Crippen LogP contribution >= 0.6 is 0 Å². The Morgan fingerprint density at radius 2 is 1.92 bits per heavy atom. The first kappa shape index (κ1) is 18.4. The van der Waals surface area contributed by atoms with Gasteiger partial charge in [-0.1, -0.05) is 18.2 Å². The van der Waals surface area contributed by atoms with Crippen molar-refractivity contribution < 1.29 is 17.9 Å². The van der Waals surface area contributed by atoms with Crippen LogP contribution in [0.4, 0.5) is 13.2 Å². The number of alkyl halides is 3. The third-order valence-electron chi connectivity index (χ3n) is 3.94. The van der Waals surface area contributed by atoms with Gasteiger partial charge >= 0.3 is 6.18 Å². The Labute approximate surface area is 140 Å². The lowest BCUT2D eigenvalue weighted by Gasteiger charge is -2.18. The van der Waals surface area contributed by atoms with E-state index in [4.69, 9.17) is 4.74 Å². The summed E-state index contributed by atoms with van der Waals surface area (Å²) in [6.45, 7) is 0.234. The van der Waals surface area contributed by atoms with Crippen LogP contribution in [0.1, 0.15) is 37.7 Å². The minimum Gasteiger partial charge on any atom is -0.490 e. The van der Waals surface area contributed by atoms with Crippen molar-refractivity contribution in [3.63, 3.8) is 0 Å². The number of nitrogens with zero attached hydrogens (tertiary/aromatic N) is 1. The Balaban J connectivity index is 1.85. The van der Waals surface area contributed by atoms with Gasteiger partial charge in [0.1, 0.15) is 5.75 Å². The first-order valence-electron chi connectivity index (χ1n) is 8.24. The number of benzene rings is 1. The highest BCUT2D eigenvalue weighted by atomic mass is 19.4. The van der Waals surface area contributed by atoms with Crippen molar-refractivity contribution in [2.75, 3.05) is 13.6 Å². The molecule has 1 aliphatic carbocycles. The van der Waals surface area contributed by atoms with E-state index in [9.17, 15) is 13.2 Å². The smallest absolute Gasteiger partial charge is 0.390 e. The van der Waals surface area contributed by atoms with Crippen molar-refractivity contribution in [1.82, 2.24) is 10.6 Å². The minimum atomic E-state index is -4.17. The number of rotatable bonds is 6. The maximum Gasteiger partial charge on any atom is 0.390 e. The van der Waals surface area contributed by atoms with Gasteiger partial charge in [-0.2, -0.15) is 13.2 Å². The van der Waals surface area contributed by atoms with E-state index >= 15 is 0 Å². The van der Waals surface area contributed by atoms with Crippen molar-refractivity contribution in [2.45, 2.75) is 50.9 Å². The molecule has 0 heterocycles. The van der Waals surface area contributed by atoms with Crippen LogP contribution in [-0.2, 0) is 6.54 Å². The van der Waals surface area contributed by atoms with Gasteiger partial charge in [-0.15, -0.1) is 0 Å². The molecule has 0 saturated heterocycles. The molecule has 1 aliphatic rings. The summed E-state index contributed by atoms with van der Waals surface area (Å²) < 4.78 is 42.6. The molecule has 0 aromatic heterocycles. The quantitative estimate of drug-likeness (QED) is 0.612. The summed E-state index contributed by atoms with van der Waals surface area (Å²) in [5.41, 5.74) is 0.961. The zero-order chi connectivity index (χ0) is 17.4. The SMILES string of the molecule is CN=C(NCCC(F)(F)F)NCc1ccccc1OC1CCCC1. The van der Waals surface area contributed by atoms with Crippen molar-refractivity contribution in [3.8, 4) is 5.75 Å². The lowest BCUT2D eigenvalue weighted by atomic mass is 10.2. The van der Waals surface area contributed by atoms with E-state index in [1.807, 2.05) is 24.3 Å². The van der Waals surface area contributed by atoms with Crippen molar-refractivity contribution in [2.24, 2.45) is 4.99 Å². The zero-order valence-corrected chi connectivity index (χ0v) is 13.8. The third kappa shape index (κ3) is 6.29. The summed E-state index contributed by atoms with van der Waals surface area (Å²) in [6.07, 6.45) is -0.273. The highest BCUT2D eigenvalue weighted by molar-refractivity contribution is 5.79. The van der Waals surface area contributed by atoms with Gasteiger partial charge in [0.25, 0.3) is 0 Å². The van der Waals surface area contributed by atoms with Crippen LogP contribution in [0, 0.1) is 0 Å². The first-order valence-corrected chi connectivity index (χ1v) is 8.24. The maximum absolute atomic E-state index is 12.2. The van der Waals surface area contributed by atoms with Gasteiger partial charge in [0, 0.05) is 25.7 Å². The van der Waals surface area contributed by atoms with Crippen LogP contribution in [0.2, 0.25) is 0 Å². The second-order valence-electron chi connectivity index (χ2n) is 5.85. The molecule has 2 N–H and O–H groups in total. The molecule has 4 nitrogen and oxygen atoms in total. The van der Waals surface area contributed by atoms with Crippen LogP contribution < -0.4 is 15.4 Å². The molecule has 0 aliphatic heterocycles. The summed E-state index contributed by atoms with van der Waals surface area (Å²) in [4.78, 5) is 3.94. The van der Waals surface area contributed by atoms with Gasteiger partial charge in [0.2, 0.25) is 0 Å². The number of aliphatic imine (C=N–C) groups is 1. The Kier molecular flexibility index (Phi) is 6.75.